The molecule has 5 heteroatoms. The monoisotopic (exact) mass is 303 g/mol. The lowest BCUT2D eigenvalue weighted by Gasteiger charge is -2.33. The lowest BCUT2D eigenvalue weighted by molar-refractivity contribution is -0.132. The van der Waals surface area contributed by atoms with E-state index in [2.05, 4.69) is 10.3 Å². The van der Waals surface area contributed by atoms with Gasteiger partial charge in [0.15, 0.2) is 0 Å². The summed E-state index contributed by atoms with van der Waals surface area (Å²) in [7, 11) is 0. The van der Waals surface area contributed by atoms with E-state index >= 15 is 0 Å². The Morgan fingerprint density at radius 3 is 2.73 bits per heavy atom. The van der Waals surface area contributed by atoms with Gasteiger partial charge in [-0.1, -0.05) is 25.3 Å². The molecular formula is C17H25N3O2. The molecule has 1 aliphatic rings. The maximum atomic E-state index is 12.0. The Balaban J connectivity index is 1.76. The highest BCUT2D eigenvalue weighted by Gasteiger charge is 2.23. The molecule has 120 valence electrons. The van der Waals surface area contributed by atoms with Crippen molar-refractivity contribution < 1.29 is 9.59 Å². The molecule has 0 saturated heterocycles. The predicted molar refractivity (Wildman–Crippen MR) is 85.0 cm³/mol. The van der Waals surface area contributed by atoms with Gasteiger partial charge in [-0.3, -0.25) is 14.6 Å². The molecule has 0 unspecified atom stereocenters. The van der Waals surface area contributed by atoms with Crippen molar-refractivity contribution in [1.29, 1.82) is 0 Å². The highest BCUT2D eigenvalue weighted by atomic mass is 16.2. The molecule has 1 aliphatic carbocycles. The molecule has 1 N–H and O–H groups in total. The third-order valence-corrected chi connectivity index (χ3v) is 4.21. The summed E-state index contributed by atoms with van der Waals surface area (Å²) in [6.07, 6.45) is 9.56. The molecule has 0 aliphatic heterocycles. The summed E-state index contributed by atoms with van der Waals surface area (Å²) >= 11 is 0. The molecule has 0 aromatic carbocycles. The highest BCUT2D eigenvalue weighted by Crippen LogP contribution is 2.22. The van der Waals surface area contributed by atoms with Crippen LogP contribution in [-0.2, 0) is 16.1 Å². The predicted octanol–water partition coefficient (Wildman–Crippen LogP) is 2.27. The molecule has 1 aromatic rings. The van der Waals surface area contributed by atoms with Gasteiger partial charge in [-0.2, -0.15) is 0 Å². The maximum Gasteiger partial charge on any atom is 0.222 e. The van der Waals surface area contributed by atoms with Crippen LogP contribution in [0.4, 0.5) is 0 Å². The van der Waals surface area contributed by atoms with Gasteiger partial charge in [0, 0.05) is 44.9 Å². The van der Waals surface area contributed by atoms with Crippen LogP contribution in [0.3, 0.4) is 0 Å². The molecule has 0 radical (unpaired) electrons. The van der Waals surface area contributed by atoms with Crippen molar-refractivity contribution in [3.8, 4) is 0 Å². The maximum absolute atomic E-state index is 12.0. The fourth-order valence-corrected chi connectivity index (χ4v) is 3.00. The second-order valence-corrected chi connectivity index (χ2v) is 5.89. The first-order valence-electron chi connectivity index (χ1n) is 8.09. The van der Waals surface area contributed by atoms with E-state index in [-0.39, 0.29) is 11.8 Å². The van der Waals surface area contributed by atoms with Gasteiger partial charge in [0.05, 0.1) is 0 Å². The number of pyridine rings is 1. The van der Waals surface area contributed by atoms with Crippen molar-refractivity contribution in [1.82, 2.24) is 15.2 Å². The zero-order chi connectivity index (χ0) is 15.8. The number of amides is 2. The summed E-state index contributed by atoms with van der Waals surface area (Å²) in [6, 6.07) is 4.09. The van der Waals surface area contributed by atoms with E-state index in [0.29, 0.717) is 25.6 Å². The standard InChI is InChI=1S/C17H25N3O2/c1-14(21)20(16-7-3-2-4-8-16)11-9-17(22)19-13-15-6-5-10-18-12-15/h5-6,10,12,16H,2-4,7-9,11,13H2,1H3,(H,19,22). The van der Waals surface area contributed by atoms with Crippen LogP contribution in [0, 0.1) is 0 Å². The van der Waals surface area contributed by atoms with Crippen LogP contribution < -0.4 is 5.32 Å². The van der Waals surface area contributed by atoms with Crippen molar-refractivity contribution >= 4 is 11.8 Å². The van der Waals surface area contributed by atoms with Crippen LogP contribution >= 0.6 is 0 Å². The van der Waals surface area contributed by atoms with Crippen LogP contribution in [0.2, 0.25) is 0 Å². The Hall–Kier alpha value is -1.91. The van der Waals surface area contributed by atoms with E-state index in [0.717, 1.165) is 18.4 Å². The Kier molecular flexibility index (Phi) is 6.37. The number of aromatic nitrogens is 1. The van der Waals surface area contributed by atoms with Crippen molar-refractivity contribution in [3.05, 3.63) is 30.1 Å². The molecule has 0 spiro atoms. The first-order valence-corrected chi connectivity index (χ1v) is 8.09. The van der Waals surface area contributed by atoms with Crippen LogP contribution in [0.1, 0.15) is 51.0 Å². The first-order chi connectivity index (χ1) is 10.7. The molecule has 1 fully saturated rings. The second kappa shape index (κ2) is 8.51. The van der Waals surface area contributed by atoms with Gasteiger partial charge < -0.3 is 10.2 Å². The first kappa shape index (κ1) is 16.5. The third-order valence-electron chi connectivity index (χ3n) is 4.21. The van der Waals surface area contributed by atoms with Gasteiger partial charge in [0.2, 0.25) is 11.8 Å². The van der Waals surface area contributed by atoms with Gasteiger partial charge in [0.1, 0.15) is 0 Å². The Labute approximate surface area is 132 Å². The Bertz CT molecular complexity index is 484. The van der Waals surface area contributed by atoms with Gasteiger partial charge in [-0.15, -0.1) is 0 Å². The van der Waals surface area contributed by atoms with E-state index in [4.69, 9.17) is 0 Å². The molecule has 22 heavy (non-hydrogen) atoms. The minimum Gasteiger partial charge on any atom is -0.352 e. The molecule has 2 amide bonds. The van der Waals surface area contributed by atoms with Crippen molar-refractivity contribution in [2.45, 2.75) is 58.0 Å². The lowest BCUT2D eigenvalue weighted by atomic mass is 9.94. The number of carbonyl (C=O) groups excluding carboxylic acids is 2. The van der Waals surface area contributed by atoms with Gasteiger partial charge in [-0.05, 0) is 24.5 Å². The third kappa shape index (κ3) is 5.13. The molecular weight excluding hydrogens is 278 g/mol. The van der Waals surface area contributed by atoms with Gasteiger partial charge >= 0.3 is 0 Å². The minimum atomic E-state index is -0.0223. The molecule has 5 nitrogen and oxygen atoms in total. The van der Waals surface area contributed by atoms with E-state index < -0.39 is 0 Å². The van der Waals surface area contributed by atoms with Gasteiger partial charge in [-0.25, -0.2) is 0 Å². The fourth-order valence-electron chi connectivity index (χ4n) is 3.00. The molecule has 0 bridgehead atoms. The number of carbonyl (C=O) groups is 2. The molecule has 1 saturated carbocycles. The van der Waals surface area contributed by atoms with Crippen LogP contribution in [0.5, 0.6) is 0 Å². The summed E-state index contributed by atoms with van der Waals surface area (Å²) in [5.74, 6) is 0.0536. The Morgan fingerprint density at radius 1 is 1.32 bits per heavy atom. The zero-order valence-corrected chi connectivity index (χ0v) is 13.3. The smallest absolute Gasteiger partial charge is 0.222 e. The molecule has 0 atom stereocenters. The van der Waals surface area contributed by atoms with Gasteiger partial charge in [0.25, 0.3) is 0 Å². The van der Waals surface area contributed by atoms with Crippen LogP contribution in [-0.4, -0.2) is 34.3 Å². The number of hydrogen-bond acceptors (Lipinski definition) is 3. The number of hydrogen-bond donors (Lipinski definition) is 1. The summed E-state index contributed by atoms with van der Waals surface area (Å²) < 4.78 is 0. The quantitative estimate of drug-likeness (QED) is 0.877. The molecule has 1 aromatic heterocycles. The van der Waals surface area contributed by atoms with Crippen molar-refractivity contribution in [2.75, 3.05) is 6.54 Å². The fraction of sp³-hybridized carbons (Fsp3) is 0.588. The van der Waals surface area contributed by atoms with E-state index in [1.54, 1.807) is 19.3 Å². The average Bonchev–Trinajstić information content (AvgIpc) is 2.55. The minimum absolute atomic E-state index is 0.0223. The zero-order valence-electron chi connectivity index (χ0n) is 13.3. The average molecular weight is 303 g/mol. The SMILES string of the molecule is CC(=O)N(CCC(=O)NCc1cccnc1)C1CCCCC1. The lowest BCUT2D eigenvalue weighted by Crippen LogP contribution is -2.42. The normalized spacial score (nSPS) is 15.3. The summed E-state index contributed by atoms with van der Waals surface area (Å²) in [4.78, 5) is 29.7. The summed E-state index contributed by atoms with van der Waals surface area (Å²) in [5.41, 5.74) is 0.978. The highest BCUT2D eigenvalue weighted by molar-refractivity contribution is 5.78. The van der Waals surface area contributed by atoms with Crippen LogP contribution in [0.25, 0.3) is 0 Å². The molecule has 1 heterocycles. The summed E-state index contributed by atoms with van der Waals surface area (Å²) in [6.45, 7) is 2.59. The van der Waals surface area contributed by atoms with Crippen LogP contribution in [0.15, 0.2) is 24.5 Å². The van der Waals surface area contributed by atoms with E-state index in [1.165, 1.54) is 19.3 Å². The van der Waals surface area contributed by atoms with E-state index in [9.17, 15) is 9.59 Å². The summed E-state index contributed by atoms with van der Waals surface area (Å²) in [5, 5.41) is 2.88. The number of nitrogens with zero attached hydrogens (tertiary/aromatic N) is 2. The molecule has 2 rings (SSSR count). The largest absolute Gasteiger partial charge is 0.352 e. The Morgan fingerprint density at radius 2 is 2.09 bits per heavy atom. The van der Waals surface area contributed by atoms with E-state index in [1.807, 2.05) is 17.0 Å². The van der Waals surface area contributed by atoms with Crippen molar-refractivity contribution in [3.63, 3.8) is 0 Å². The topological polar surface area (TPSA) is 62.3 Å². The van der Waals surface area contributed by atoms with Crippen molar-refractivity contribution in [2.24, 2.45) is 0 Å². The number of rotatable bonds is 6. The number of nitrogens with one attached hydrogen (secondary N) is 1. The second-order valence-electron chi connectivity index (χ2n) is 5.89.